The lowest BCUT2D eigenvalue weighted by molar-refractivity contribution is 0.0681. The summed E-state index contributed by atoms with van der Waals surface area (Å²) in [6.45, 7) is 0.531. The van der Waals surface area contributed by atoms with Gasteiger partial charge in [-0.05, 0) is 17.2 Å². The lowest BCUT2D eigenvalue weighted by atomic mass is 9.94. The van der Waals surface area contributed by atoms with E-state index in [-0.39, 0.29) is 11.9 Å². The summed E-state index contributed by atoms with van der Waals surface area (Å²) in [6, 6.07) is 17.0. The standard InChI is InChI=1S/C17H15FO/c18-16-9-5-4-8-15(16)17-12-14(10-11-19-17)13-6-2-1-3-7-13/h1-10,17H,11-12H2. The molecule has 0 saturated carbocycles. The van der Waals surface area contributed by atoms with Gasteiger partial charge in [-0.1, -0.05) is 54.6 Å². The van der Waals surface area contributed by atoms with Crippen LogP contribution in [0.25, 0.3) is 5.57 Å². The summed E-state index contributed by atoms with van der Waals surface area (Å²) in [5.41, 5.74) is 3.05. The molecule has 96 valence electrons. The van der Waals surface area contributed by atoms with E-state index in [2.05, 4.69) is 18.2 Å². The maximum Gasteiger partial charge on any atom is 0.129 e. The van der Waals surface area contributed by atoms with Crippen molar-refractivity contribution in [3.63, 3.8) is 0 Å². The van der Waals surface area contributed by atoms with Crippen molar-refractivity contribution in [2.75, 3.05) is 6.61 Å². The predicted molar refractivity (Wildman–Crippen MR) is 74.1 cm³/mol. The lowest BCUT2D eigenvalue weighted by Gasteiger charge is -2.24. The van der Waals surface area contributed by atoms with E-state index in [1.54, 1.807) is 12.1 Å². The molecular formula is C17H15FO. The molecule has 2 aromatic rings. The Labute approximate surface area is 112 Å². The quantitative estimate of drug-likeness (QED) is 0.773. The molecule has 0 radical (unpaired) electrons. The van der Waals surface area contributed by atoms with E-state index in [0.717, 1.165) is 0 Å². The van der Waals surface area contributed by atoms with Crippen LogP contribution < -0.4 is 0 Å². The zero-order valence-electron chi connectivity index (χ0n) is 10.6. The molecule has 3 rings (SSSR count). The van der Waals surface area contributed by atoms with Crippen LogP contribution in [0.2, 0.25) is 0 Å². The minimum absolute atomic E-state index is 0.193. The molecule has 0 fully saturated rings. The molecule has 1 heterocycles. The first-order valence-corrected chi connectivity index (χ1v) is 6.45. The van der Waals surface area contributed by atoms with Gasteiger partial charge in [0.25, 0.3) is 0 Å². The number of halogens is 1. The number of hydrogen-bond donors (Lipinski definition) is 0. The number of rotatable bonds is 2. The van der Waals surface area contributed by atoms with Crippen molar-refractivity contribution in [2.24, 2.45) is 0 Å². The Kier molecular flexibility index (Phi) is 3.43. The molecule has 1 atom stereocenters. The molecule has 1 aliphatic heterocycles. The van der Waals surface area contributed by atoms with Crippen LogP contribution in [-0.4, -0.2) is 6.61 Å². The third-order valence-corrected chi connectivity index (χ3v) is 3.43. The van der Waals surface area contributed by atoms with Gasteiger partial charge in [0, 0.05) is 12.0 Å². The molecule has 0 amide bonds. The topological polar surface area (TPSA) is 9.23 Å². The summed E-state index contributed by atoms with van der Waals surface area (Å²) in [5.74, 6) is -0.193. The first-order valence-electron chi connectivity index (χ1n) is 6.45. The smallest absolute Gasteiger partial charge is 0.129 e. The van der Waals surface area contributed by atoms with Gasteiger partial charge < -0.3 is 4.74 Å². The van der Waals surface area contributed by atoms with Gasteiger partial charge in [-0.3, -0.25) is 0 Å². The van der Waals surface area contributed by atoms with Crippen molar-refractivity contribution in [1.29, 1.82) is 0 Å². The zero-order valence-corrected chi connectivity index (χ0v) is 10.6. The molecule has 1 unspecified atom stereocenters. The van der Waals surface area contributed by atoms with Crippen LogP contribution in [0.5, 0.6) is 0 Å². The van der Waals surface area contributed by atoms with Gasteiger partial charge in [-0.15, -0.1) is 0 Å². The first-order chi connectivity index (χ1) is 9.34. The predicted octanol–water partition coefficient (Wildman–Crippen LogP) is 4.37. The zero-order chi connectivity index (χ0) is 13.1. The Morgan fingerprint density at radius 3 is 2.47 bits per heavy atom. The highest BCUT2D eigenvalue weighted by Crippen LogP contribution is 2.34. The van der Waals surface area contributed by atoms with Gasteiger partial charge >= 0.3 is 0 Å². The van der Waals surface area contributed by atoms with E-state index in [0.29, 0.717) is 18.6 Å². The molecule has 2 aromatic carbocycles. The van der Waals surface area contributed by atoms with Gasteiger partial charge in [0.15, 0.2) is 0 Å². The van der Waals surface area contributed by atoms with Crippen LogP contribution in [0.15, 0.2) is 60.7 Å². The average Bonchev–Trinajstić information content (AvgIpc) is 2.49. The summed E-state index contributed by atoms with van der Waals surface area (Å²) in [4.78, 5) is 0. The maximum atomic E-state index is 13.8. The van der Waals surface area contributed by atoms with Crippen molar-refractivity contribution in [3.8, 4) is 0 Å². The third-order valence-electron chi connectivity index (χ3n) is 3.43. The second kappa shape index (κ2) is 5.37. The van der Waals surface area contributed by atoms with E-state index in [4.69, 9.17) is 4.74 Å². The Bertz CT molecular complexity index is 589. The van der Waals surface area contributed by atoms with Gasteiger partial charge in [0.2, 0.25) is 0 Å². The molecular weight excluding hydrogens is 239 g/mol. The minimum atomic E-state index is -0.193. The van der Waals surface area contributed by atoms with Crippen LogP contribution in [0.4, 0.5) is 4.39 Å². The molecule has 0 N–H and O–H groups in total. The summed E-state index contributed by atoms with van der Waals surface area (Å²) < 4.78 is 19.5. The van der Waals surface area contributed by atoms with Crippen LogP contribution in [-0.2, 0) is 4.74 Å². The van der Waals surface area contributed by atoms with Crippen molar-refractivity contribution in [3.05, 3.63) is 77.6 Å². The summed E-state index contributed by atoms with van der Waals surface area (Å²) >= 11 is 0. The average molecular weight is 254 g/mol. The van der Waals surface area contributed by atoms with E-state index < -0.39 is 0 Å². The molecule has 0 saturated heterocycles. The van der Waals surface area contributed by atoms with E-state index in [1.807, 2.05) is 24.3 Å². The summed E-state index contributed by atoms with van der Waals surface area (Å²) in [7, 11) is 0. The molecule has 0 bridgehead atoms. The van der Waals surface area contributed by atoms with Crippen LogP contribution >= 0.6 is 0 Å². The highest BCUT2D eigenvalue weighted by Gasteiger charge is 2.21. The molecule has 1 nitrogen and oxygen atoms in total. The number of ether oxygens (including phenoxy) is 1. The van der Waals surface area contributed by atoms with Gasteiger partial charge in [0.05, 0.1) is 12.7 Å². The Morgan fingerprint density at radius 1 is 0.947 bits per heavy atom. The molecule has 2 heteroatoms. The van der Waals surface area contributed by atoms with Gasteiger partial charge in [-0.25, -0.2) is 4.39 Å². The normalized spacial score (nSPS) is 19.0. The number of hydrogen-bond acceptors (Lipinski definition) is 1. The van der Waals surface area contributed by atoms with Gasteiger partial charge in [0.1, 0.15) is 5.82 Å². The van der Waals surface area contributed by atoms with Crippen molar-refractivity contribution >= 4 is 5.57 Å². The lowest BCUT2D eigenvalue weighted by Crippen LogP contribution is -2.12. The molecule has 1 aliphatic rings. The highest BCUT2D eigenvalue weighted by molar-refractivity contribution is 5.66. The van der Waals surface area contributed by atoms with Crippen molar-refractivity contribution in [1.82, 2.24) is 0 Å². The largest absolute Gasteiger partial charge is 0.369 e. The first kappa shape index (κ1) is 12.1. The summed E-state index contributed by atoms with van der Waals surface area (Å²) in [6.07, 6.45) is 2.60. The highest BCUT2D eigenvalue weighted by atomic mass is 19.1. The van der Waals surface area contributed by atoms with Crippen molar-refractivity contribution < 1.29 is 9.13 Å². The van der Waals surface area contributed by atoms with E-state index >= 15 is 0 Å². The third kappa shape index (κ3) is 2.59. The molecule has 0 spiro atoms. The SMILES string of the molecule is Fc1ccccc1C1CC(c2ccccc2)=CCO1. The Morgan fingerprint density at radius 2 is 1.68 bits per heavy atom. The molecule has 0 aromatic heterocycles. The van der Waals surface area contributed by atoms with Crippen LogP contribution in [0, 0.1) is 5.82 Å². The Balaban J connectivity index is 1.86. The second-order valence-corrected chi connectivity index (χ2v) is 4.64. The van der Waals surface area contributed by atoms with Crippen LogP contribution in [0.1, 0.15) is 23.7 Å². The number of benzene rings is 2. The second-order valence-electron chi connectivity index (χ2n) is 4.64. The monoisotopic (exact) mass is 254 g/mol. The van der Waals surface area contributed by atoms with Gasteiger partial charge in [-0.2, -0.15) is 0 Å². The molecule has 0 aliphatic carbocycles. The van der Waals surface area contributed by atoms with Crippen molar-refractivity contribution in [2.45, 2.75) is 12.5 Å². The van der Waals surface area contributed by atoms with E-state index in [9.17, 15) is 4.39 Å². The fraction of sp³-hybridized carbons (Fsp3) is 0.176. The Hall–Kier alpha value is -1.93. The van der Waals surface area contributed by atoms with E-state index in [1.165, 1.54) is 17.2 Å². The minimum Gasteiger partial charge on any atom is -0.369 e. The summed E-state index contributed by atoms with van der Waals surface area (Å²) in [5, 5.41) is 0. The fourth-order valence-corrected chi connectivity index (χ4v) is 2.43. The fourth-order valence-electron chi connectivity index (χ4n) is 2.43. The van der Waals surface area contributed by atoms with Crippen LogP contribution in [0.3, 0.4) is 0 Å². The molecule has 19 heavy (non-hydrogen) atoms. The maximum absolute atomic E-state index is 13.8.